The van der Waals surface area contributed by atoms with E-state index in [9.17, 15) is 18.8 Å². The number of benzene rings is 1. The number of halogens is 1. The van der Waals surface area contributed by atoms with E-state index in [4.69, 9.17) is 9.47 Å². The van der Waals surface area contributed by atoms with Crippen LogP contribution in [0.4, 0.5) is 4.39 Å². The molecule has 1 fully saturated rings. The fourth-order valence-corrected chi connectivity index (χ4v) is 2.72. The number of nitrogens with one attached hydrogen (secondary N) is 1. The van der Waals surface area contributed by atoms with Gasteiger partial charge in [-0.05, 0) is 25.0 Å². The summed E-state index contributed by atoms with van der Waals surface area (Å²) in [7, 11) is 0. The van der Waals surface area contributed by atoms with Gasteiger partial charge in [-0.3, -0.25) is 9.59 Å². The summed E-state index contributed by atoms with van der Waals surface area (Å²) in [4.78, 5) is 38.4. The molecule has 0 aliphatic carbocycles. The second kappa shape index (κ2) is 9.45. The molecule has 2 amide bonds. The van der Waals surface area contributed by atoms with Crippen LogP contribution in [0.25, 0.3) is 0 Å². The van der Waals surface area contributed by atoms with Gasteiger partial charge in [-0.2, -0.15) is 0 Å². The van der Waals surface area contributed by atoms with Crippen LogP contribution < -0.4 is 5.32 Å². The maximum atomic E-state index is 13.7. The Bertz CT molecular complexity index is 694. The number of carbonyl (C=O) groups excluding carboxylic acids is 3. The standard InChI is InChI=1S/C19H25FN2O5/c1-12(2)17(21-18(24)14-6-4-5-7-15(14)20)19(25)27-11-16(23)22-8-9-26-13(3)10-22/h4-7,12-13,17H,8-11H2,1-3H3,(H,21,24)/t13?,17-/m0/s1. The van der Waals surface area contributed by atoms with Gasteiger partial charge in [0.05, 0.1) is 18.3 Å². The maximum Gasteiger partial charge on any atom is 0.329 e. The lowest BCUT2D eigenvalue weighted by Crippen LogP contribution is -2.48. The number of hydrogen-bond acceptors (Lipinski definition) is 5. The lowest BCUT2D eigenvalue weighted by atomic mass is 10.0. The van der Waals surface area contributed by atoms with E-state index in [2.05, 4.69) is 5.32 Å². The van der Waals surface area contributed by atoms with E-state index in [1.54, 1.807) is 18.7 Å². The van der Waals surface area contributed by atoms with Crippen molar-refractivity contribution in [2.45, 2.75) is 32.9 Å². The molecule has 0 bridgehead atoms. The molecule has 1 heterocycles. The third-order valence-electron chi connectivity index (χ3n) is 4.26. The topological polar surface area (TPSA) is 84.9 Å². The van der Waals surface area contributed by atoms with Gasteiger partial charge in [-0.1, -0.05) is 26.0 Å². The second-order valence-electron chi connectivity index (χ2n) is 6.80. The number of morpholine rings is 1. The molecule has 148 valence electrons. The molecule has 7 nitrogen and oxygen atoms in total. The van der Waals surface area contributed by atoms with Crippen LogP contribution in [0, 0.1) is 11.7 Å². The van der Waals surface area contributed by atoms with Gasteiger partial charge in [0, 0.05) is 13.1 Å². The normalized spacial score (nSPS) is 18.1. The molecule has 2 atom stereocenters. The Kier molecular flexibility index (Phi) is 7.29. The van der Waals surface area contributed by atoms with E-state index in [1.807, 2.05) is 6.92 Å². The van der Waals surface area contributed by atoms with Crippen molar-refractivity contribution in [1.82, 2.24) is 10.2 Å². The Morgan fingerprint density at radius 3 is 2.67 bits per heavy atom. The molecule has 1 aromatic carbocycles. The van der Waals surface area contributed by atoms with E-state index >= 15 is 0 Å². The van der Waals surface area contributed by atoms with E-state index in [1.165, 1.54) is 24.3 Å². The zero-order valence-electron chi connectivity index (χ0n) is 15.7. The quantitative estimate of drug-likeness (QED) is 0.754. The second-order valence-corrected chi connectivity index (χ2v) is 6.80. The SMILES string of the molecule is CC1CN(C(=O)COC(=O)[C@@H](NC(=O)c2ccccc2F)C(C)C)CCO1. The van der Waals surface area contributed by atoms with Crippen molar-refractivity contribution in [3.8, 4) is 0 Å². The Hall–Kier alpha value is -2.48. The average molecular weight is 380 g/mol. The molecule has 1 N–H and O–H groups in total. The van der Waals surface area contributed by atoms with E-state index in [0.717, 1.165) is 0 Å². The van der Waals surface area contributed by atoms with Gasteiger partial charge in [-0.25, -0.2) is 9.18 Å². The van der Waals surface area contributed by atoms with Crippen molar-refractivity contribution < 1.29 is 28.2 Å². The molecule has 1 saturated heterocycles. The minimum Gasteiger partial charge on any atom is -0.454 e. The van der Waals surface area contributed by atoms with Gasteiger partial charge >= 0.3 is 5.97 Å². The van der Waals surface area contributed by atoms with Crippen LogP contribution in [-0.2, 0) is 19.1 Å². The predicted molar refractivity (Wildman–Crippen MR) is 95.4 cm³/mol. The first-order valence-corrected chi connectivity index (χ1v) is 8.91. The first-order valence-electron chi connectivity index (χ1n) is 8.91. The van der Waals surface area contributed by atoms with E-state index in [-0.39, 0.29) is 23.5 Å². The Morgan fingerprint density at radius 1 is 1.33 bits per heavy atom. The molecule has 1 aromatic rings. The van der Waals surface area contributed by atoms with Gasteiger partial charge < -0.3 is 19.7 Å². The molecule has 8 heteroatoms. The summed E-state index contributed by atoms with van der Waals surface area (Å²) >= 11 is 0. The van der Waals surface area contributed by atoms with Crippen LogP contribution in [-0.4, -0.2) is 61.1 Å². The van der Waals surface area contributed by atoms with Crippen molar-refractivity contribution in [1.29, 1.82) is 0 Å². The summed E-state index contributed by atoms with van der Waals surface area (Å²) in [6, 6.07) is 4.51. The lowest BCUT2D eigenvalue weighted by molar-refractivity contribution is -0.156. The average Bonchev–Trinajstić information content (AvgIpc) is 2.63. The van der Waals surface area contributed by atoms with Gasteiger partial charge in [-0.15, -0.1) is 0 Å². The minimum atomic E-state index is -0.992. The van der Waals surface area contributed by atoms with Crippen LogP contribution in [0.2, 0.25) is 0 Å². The fourth-order valence-electron chi connectivity index (χ4n) is 2.72. The largest absolute Gasteiger partial charge is 0.454 e. The zero-order chi connectivity index (χ0) is 20.0. The molecular weight excluding hydrogens is 355 g/mol. The zero-order valence-corrected chi connectivity index (χ0v) is 15.7. The van der Waals surface area contributed by atoms with Gasteiger partial charge in [0.2, 0.25) is 0 Å². The van der Waals surface area contributed by atoms with Crippen LogP contribution in [0.5, 0.6) is 0 Å². The molecule has 1 aliphatic rings. The smallest absolute Gasteiger partial charge is 0.329 e. The van der Waals surface area contributed by atoms with Gasteiger partial charge in [0.15, 0.2) is 6.61 Å². The van der Waals surface area contributed by atoms with Crippen LogP contribution in [0.15, 0.2) is 24.3 Å². The summed E-state index contributed by atoms with van der Waals surface area (Å²) < 4.78 is 24.2. The van der Waals surface area contributed by atoms with E-state index < -0.39 is 30.3 Å². The van der Waals surface area contributed by atoms with Crippen LogP contribution >= 0.6 is 0 Å². The number of amides is 2. The molecule has 27 heavy (non-hydrogen) atoms. The number of nitrogens with zero attached hydrogens (tertiary/aromatic N) is 1. The van der Waals surface area contributed by atoms with Crippen molar-refractivity contribution in [2.24, 2.45) is 5.92 Å². The molecule has 1 aliphatic heterocycles. The number of esters is 1. The number of rotatable bonds is 6. The maximum absolute atomic E-state index is 13.7. The lowest BCUT2D eigenvalue weighted by Gasteiger charge is -2.31. The highest BCUT2D eigenvalue weighted by atomic mass is 19.1. The molecule has 1 unspecified atom stereocenters. The fraction of sp³-hybridized carbons (Fsp3) is 0.526. The molecule has 0 radical (unpaired) electrons. The van der Waals surface area contributed by atoms with Gasteiger partial charge in [0.25, 0.3) is 11.8 Å². The molecular formula is C19H25FN2O5. The third-order valence-corrected chi connectivity index (χ3v) is 4.26. The van der Waals surface area contributed by atoms with Gasteiger partial charge in [0.1, 0.15) is 11.9 Å². The van der Waals surface area contributed by atoms with Crippen molar-refractivity contribution >= 4 is 17.8 Å². The molecule has 0 spiro atoms. The summed E-state index contributed by atoms with van der Waals surface area (Å²) in [6.07, 6.45) is -0.0677. The number of hydrogen-bond donors (Lipinski definition) is 1. The summed E-state index contributed by atoms with van der Waals surface area (Å²) in [5.74, 6) is -2.74. The molecule has 0 saturated carbocycles. The Balaban J connectivity index is 1.93. The minimum absolute atomic E-state index is 0.0677. The first kappa shape index (κ1) is 20.8. The predicted octanol–water partition coefficient (Wildman–Crippen LogP) is 1.37. The Labute approximate surface area is 157 Å². The molecule has 0 aromatic heterocycles. The number of carbonyl (C=O) groups is 3. The monoisotopic (exact) mass is 380 g/mol. The Morgan fingerprint density at radius 2 is 2.04 bits per heavy atom. The summed E-state index contributed by atoms with van der Waals surface area (Å²) in [5, 5.41) is 2.49. The first-order chi connectivity index (χ1) is 12.8. The van der Waals surface area contributed by atoms with Crippen LogP contribution in [0.1, 0.15) is 31.1 Å². The van der Waals surface area contributed by atoms with Crippen molar-refractivity contribution in [2.75, 3.05) is 26.3 Å². The highest BCUT2D eigenvalue weighted by Crippen LogP contribution is 2.10. The highest BCUT2D eigenvalue weighted by molar-refractivity contribution is 5.97. The molecule has 2 rings (SSSR count). The van der Waals surface area contributed by atoms with Crippen molar-refractivity contribution in [3.63, 3.8) is 0 Å². The highest BCUT2D eigenvalue weighted by Gasteiger charge is 2.29. The van der Waals surface area contributed by atoms with E-state index in [0.29, 0.717) is 19.7 Å². The van der Waals surface area contributed by atoms with Crippen molar-refractivity contribution in [3.05, 3.63) is 35.6 Å². The third kappa shape index (κ3) is 5.75. The number of ether oxygens (including phenoxy) is 2. The van der Waals surface area contributed by atoms with Crippen LogP contribution in [0.3, 0.4) is 0 Å². The summed E-state index contributed by atoms with van der Waals surface area (Å²) in [5.41, 5.74) is -0.158. The summed E-state index contributed by atoms with van der Waals surface area (Å²) in [6.45, 7) is 6.21.